The fourth-order valence-electron chi connectivity index (χ4n) is 1.45. The van der Waals surface area contributed by atoms with E-state index >= 15 is 0 Å². The molecule has 0 radical (unpaired) electrons. The molecule has 0 saturated carbocycles. The van der Waals surface area contributed by atoms with Crippen LogP contribution in [0.4, 0.5) is 0 Å². The van der Waals surface area contributed by atoms with Crippen molar-refractivity contribution in [1.82, 2.24) is 4.98 Å². The summed E-state index contributed by atoms with van der Waals surface area (Å²) in [4.78, 5) is 16.0. The zero-order valence-electron chi connectivity index (χ0n) is 9.76. The van der Waals surface area contributed by atoms with Crippen molar-refractivity contribution in [3.05, 3.63) is 30.1 Å². The van der Waals surface area contributed by atoms with Gasteiger partial charge < -0.3 is 11.5 Å². The average Bonchev–Trinajstić information content (AvgIpc) is 2.36. The van der Waals surface area contributed by atoms with Crippen molar-refractivity contribution in [1.29, 1.82) is 0 Å². The van der Waals surface area contributed by atoms with Gasteiger partial charge in [0.1, 0.15) is 6.04 Å². The lowest BCUT2D eigenvalue weighted by Crippen LogP contribution is -2.42. The van der Waals surface area contributed by atoms with Crippen LogP contribution in [0.2, 0.25) is 0 Å². The molecule has 0 aromatic carbocycles. The number of pyridine rings is 1. The molecule has 0 aliphatic carbocycles. The Kier molecular flexibility index (Phi) is 4.58. The van der Waals surface area contributed by atoms with E-state index in [1.165, 1.54) is 0 Å². The van der Waals surface area contributed by atoms with Gasteiger partial charge in [0, 0.05) is 6.20 Å². The quantitative estimate of drug-likeness (QED) is 0.777. The van der Waals surface area contributed by atoms with Crippen LogP contribution in [0.1, 0.15) is 32.0 Å². The number of hydrogen-bond acceptors (Lipinski definition) is 4. The Morgan fingerprint density at radius 1 is 1.44 bits per heavy atom. The lowest BCUT2D eigenvalue weighted by Gasteiger charge is -2.20. The van der Waals surface area contributed by atoms with Crippen molar-refractivity contribution < 1.29 is 4.79 Å². The monoisotopic (exact) mass is 221 g/mol. The number of Topliss-reactive ketones (excluding diaryl/α,β-unsaturated/α-hetero) is 1. The normalized spacial score (nSPS) is 16.5. The fourth-order valence-corrected chi connectivity index (χ4v) is 1.45. The summed E-state index contributed by atoms with van der Waals surface area (Å²) in [6, 6.07) is 4.11. The Balaban J connectivity index is 2.75. The van der Waals surface area contributed by atoms with Crippen molar-refractivity contribution in [3.63, 3.8) is 0 Å². The van der Waals surface area contributed by atoms with Crippen molar-refractivity contribution in [2.24, 2.45) is 17.4 Å². The van der Waals surface area contributed by atoms with Crippen LogP contribution in [0.25, 0.3) is 0 Å². The van der Waals surface area contributed by atoms with Crippen LogP contribution in [-0.4, -0.2) is 16.8 Å². The first-order chi connectivity index (χ1) is 7.57. The van der Waals surface area contributed by atoms with Gasteiger partial charge in [0.25, 0.3) is 0 Å². The number of ketones is 1. The largest absolute Gasteiger partial charge is 0.321 e. The second kappa shape index (κ2) is 5.72. The summed E-state index contributed by atoms with van der Waals surface area (Å²) in [5.41, 5.74) is 12.3. The first-order valence-corrected chi connectivity index (χ1v) is 5.53. The highest BCUT2D eigenvalue weighted by molar-refractivity contribution is 5.89. The Morgan fingerprint density at radius 3 is 2.62 bits per heavy atom. The van der Waals surface area contributed by atoms with Crippen molar-refractivity contribution >= 4 is 5.78 Å². The van der Waals surface area contributed by atoms with Crippen LogP contribution in [-0.2, 0) is 4.79 Å². The van der Waals surface area contributed by atoms with Crippen molar-refractivity contribution in [2.45, 2.75) is 32.4 Å². The third kappa shape index (κ3) is 2.87. The number of nitrogens with zero attached hydrogens (tertiary/aromatic N) is 1. The fraction of sp³-hybridized carbons (Fsp3) is 0.500. The topological polar surface area (TPSA) is 82.0 Å². The van der Waals surface area contributed by atoms with Crippen molar-refractivity contribution in [2.75, 3.05) is 0 Å². The molecule has 1 aromatic heterocycles. The number of aromatic nitrogens is 1. The highest BCUT2D eigenvalue weighted by Gasteiger charge is 2.26. The van der Waals surface area contributed by atoms with Crippen LogP contribution in [0.5, 0.6) is 0 Å². The van der Waals surface area contributed by atoms with Crippen LogP contribution < -0.4 is 11.5 Å². The number of rotatable bonds is 5. The van der Waals surface area contributed by atoms with E-state index in [-0.39, 0.29) is 11.7 Å². The molecule has 4 N–H and O–H groups in total. The van der Waals surface area contributed by atoms with Gasteiger partial charge >= 0.3 is 0 Å². The standard InChI is InChI=1S/C12H19N3O/c1-3-8(2)10(13)12(16)11(14)9-6-4-5-7-15-9/h4-8,10-11H,3,13-14H2,1-2H3/t8-,10-,11?/m0/s1. The summed E-state index contributed by atoms with van der Waals surface area (Å²) < 4.78 is 0. The number of hydrogen-bond donors (Lipinski definition) is 2. The molecule has 0 fully saturated rings. The Labute approximate surface area is 96.0 Å². The lowest BCUT2D eigenvalue weighted by molar-refractivity contribution is -0.122. The molecular formula is C12H19N3O. The number of nitrogens with two attached hydrogens (primary N) is 2. The van der Waals surface area contributed by atoms with Gasteiger partial charge in [-0.15, -0.1) is 0 Å². The highest BCUT2D eigenvalue weighted by Crippen LogP contribution is 2.14. The van der Waals surface area contributed by atoms with Gasteiger partial charge in [0.05, 0.1) is 11.7 Å². The van der Waals surface area contributed by atoms with Gasteiger partial charge in [-0.25, -0.2) is 0 Å². The van der Waals surface area contributed by atoms with E-state index in [0.29, 0.717) is 5.69 Å². The van der Waals surface area contributed by atoms with E-state index < -0.39 is 12.1 Å². The smallest absolute Gasteiger partial charge is 0.172 e. The Hall–Kier alpha value is -1.26. The molecular weight excluding hydrogens is 202 g/mol. The third-order valence-electron chi connectivity index (χ3n) is 2.90. The SMILES string of the molecule is CC[C@H](C)[C@H](N)C(=O)C(N)c1ccccn1. The number of carbonyl (C=O) groups excluding carboxylic acids is 1. The van der Waals surface area contributed by atoms with Crippen LogP contribution in [0.15, 0.2) is 24.4 Å². The molecule has 0 saturated heterocycles. The van der Waals surface area contributed by atoms with E-state index in [2.05, 4.69) is 4.98 Å². The molecule has 0 aliphatic rings. The van der Waals surface area contributed by atoms with E-state index in [0.717, 1.165) is 6.42 Å². The number of carbonyl (C=O) groups is 1. The molecule has 0 bridgehead atoms. The summed E-state index contributed by atoms with van der Waals surface area (Å²) >= 11 is 0. The minimum Gasteiger partial charge on any atom is -0.321 e. The van der Waals surface area contributed by atoms with E-state index in [1.807, 2.05) is 19.9 Å². The predicted molar refractivity (Wildman–Crippen MR) is 63.6 cm³/mol. The summed E-state index contributed by atoms with van der Waals surface area (Å²) in [6.07, 6.45) is 2.49. The molecule has 1 unspecified atom stereocenters. The summed E-state index contributed by atoms with van der Waals surface area (Å²) in [5.74, 6) is -0.00434. The van der Waals surface area contributed by atoms with Gasteiger partial charge in [-0.2, -0.15) is 0 Å². The minimum absolute atomic E-state index is 0.141. The second-order valence-electron chi connectivity index (χ2n) is 4.05. The molecule has 4 heteroatoms. The summed E-state index contributed by atoms with van der Waals surface area (Å²) in [7, 11) is 0. The third-order valence-corrected chi connectivity index (χ3v) is 2.90. The first kappa shape index (κ1) is 12.8. The molecule has 88 valence electrons. The first-order valence-electron chi connectivity index (χ1n) is 5.53. The van der Waals surface area contributed by atoms with Gasteiger partial charge in [0.2, 0.25) is 0 Å². The minimum atomic E-state index is -0.717. The molecule has 1 aromatic rings. The molecule has 1 rings (SSSR count). The van der Waals surface area contributed by atoms with Crippen LogP contribution in [0, 0.1) is 5.92 Å². The Morgan fingerprint density at radius 2 is 2.12 bits per heavy atom. The van der Waals surface area contributed by atoms with E-state index in [1.54, 1.807) is 18.3 Å². The molecule has 3 atom stereocenters. The summed E-state index contributed by atoms with van der Waals surface area (Å²) in [6.45, 7) is 3.96. The van der Waals surface area contributed by atoms with Gasteiger partial charge in [-0.05, 0) is 18.1 Å². The molecule has 16 heavy (non-hydrogen) atoms. The zero-order valence-corrected chi connectivity index (χ0v) is 9.76. The maximum atomic E-state index is 12.0. The molecule has 0 aliphatic heterocycles. The van der Waals surface area contributed by atoms with Gasteiger partial charge in [0.15, 0.2) is 5.78 Å². The van der Waals surface area contributed by atoms with Crippen molar-refractivity contribution in [3.8, 4) is 0 Å². The zero-order chi connectivity index (χ0) is 12.1. The molecule has 0 spiro atoms. The highest BCUT2D eigenvalue weighted by atomic mass is 16.1. The summed E-state index contributed by atoms with van der Waals surface area (Å²) in [5, 5.41) is 0. The lowest BCUT2D eigenvalue weighted by atomic mass is 9.92. The Bertz CT molecular complexity index is 339. The maximum Gasteiger partial charge on any atom is 0.172 e. The molecule has 0 amide bonds. The second-order valence-corrected chi connectivity index (χ2v) is 4.05. The van der Waals surface area contributed by atoms with Gasteiger partial charge in [-0.3, -0.25) is 9.78 Å². The van der Waals surface area contributed by atoms with E-state index in [4.69, 9.17) is 11.5 Å². The van der Waals surface area contributed by atoms with Gasteiger partial charge in [-0.1, -0.05) is 26.3 Å². The van der Waals surface area contributed by atoms with Crippen LogP contribution >= 0.6 is 0 Å². The van der Waals surface area contributed by atoms with Crippen LogP contribution in [0.3, 0.4) is 0 Å². The molecule has 1 heterocycles. The average molecular weight is 221 g/mol. The van der Waals surface area contributed by atoms with E-state index in [9.17, 15) is 4.79 Å². The maximum absolute atomic E-state index is 12.0. The molecule has 4 nitrogen and oxygen atoms in total. The predicted octanol–water partition coefficient (Wildman–Crippen LogP) is 1.02.